The summed E-state index contributed by atoms with van der Waals surface area (Å²) in [5, 5.41) is 5.57. The lowest BCUT2D eigenvalue weighted by Gasteiger charge is -2.39. The molecule has 0 aliphatic heterocycles. The number of benzene rings is 1. The van der Waals surface area contributed by atoms with Gasteiger partial charge in [0.25, 0.3) is 0 Å². The first-order chi connectivity index (χ1) is 17.6. The van der Waals surface area contributed by atoms with Crippen molar-refractivity contribution in [3.63, 3.8) is 0 Å². The Labute approximate surface area is 228 Å². The van der Waals surface area contributed by atoms with Crippen LogP contribution in [-0.4, -0.2) is 59.6 Å². The first-order valence-corrected chi connectivity index (χ1v) is 13.5. The molecule has 2 N–H and O–H groups in total. The van der Waals surface area contributed by atoms with E-state index >= 15 is 0 Å². The third-order valence-electron chi connectivity index (χ3n) is 6.36. The lowest BCUT2D eigenvalue weighted by molar-refractivity contribution is -0.146. The van der Waals surface area contributed by atoms with E-state index < -0.39 is 35.7 Å². The van der Waals surface area contributed by atoms with Crippen LogP contribution in [0.15, 0.2) is 18.2 Å². The van der Waals surface area contributed by atoms with E-state index in [2.05, 4.69) is 10.6 Å². The maximum Gasteiger partial charge on any atom is 0.408 e. The highest BCUT2D eigenvalue weighted by Crippen LogP contribution is 2.30. The molecule has 1 aromatic carbocycles. The van der Waals surface area contributed by atoms with Gasteiger partial charge < -0.3 is 25.0 Å². The van der Waals surface area contributed by atoms with Gasteiger partial charge in [-0.05, 0) is 78.0 Å². The molecule has 3 amide bonds. The van der Waals surface area contributed by atoms with E-state index in [9.17, 15) is 19.2 Å². The molecule has 3 unspecified atom stereocenters. The third-order valence-corrected chi connectivity index (χ3v) is 6.36. The minimum Gasteiger partial charge on any atom is -0.466 e. The van der Waals surface area contributed by atoms with E-state index in [1.165, 1.54) is 4.90 Å². The number of nitrogens with zero attached hydrogens (tertiary/aromatic N) is 1. The second-order valence-corrected chi connectivity index (χ2v) is 10.9. The Balaban J connectivity index is 3.49. The van der Waals surface area contributed by atoms with Gasteiger partial charge in [0.15, 0.2) is 0 Å². The summed E-state index contributed by atoms with van der Waals surface area (Å²) < 4.78 is 10.4. The van der Waals surface area contributed by atoms with Gasteiger partial charge in [-0.2, -0.15) is 0 Å². The topological polar surface area (TPSA) is 114 Å². The fourth-order valence-corrected chi connectivity index (χ4v) is 4.06. The highest BCUT2D eigenvalue weighted by atomic mass is 16.6. The standard InChI is InChI=1S/C29H47N3O6/c1-11-19(5)24(31-28(36)38-29(8,9)10)27(35)32(18(3)4)25(22-15-13-14-20(6)21(22)7)26(34)30-17-16-23(33)37-12-2/h13-15,18-19,24-25H,11-12,16-17H2,1-10H3,(H,30,34)(H,31,36). The second kappa shape index (κ2) is 14.7. The molecular weight excluding hydrogens is 486 g/mol. The Morgan fingerprint density at radius 1 is 1.03 bits per heavy atom. The predicted octanol–water partition coefficient (Wildman–Crippen LogP) is 4.59. The summed E-state index contributed by atoms with van der Waals surface area (Å²) in [4.78, 5) is 53.9. The second-order valence-electron chi connectivity index (χ2n) is 10.9. The molecule has 1 aromatic rings. The number of rotatable bonds is 12. The zero-order valence-corrected chi connectivity index (χ0v) is 24.8. The lowest BCUT2D eigenvalue weighted by atomic mass is 9.92. The van der Waals surface area contributed by atoms with Gasteiger partial charge >= 0.3 is 12.1 Å². The minimum absolute atomic E-state index is 0.0183. The molecule has 0 bridgehead atoms. The smallest absolute Gasteiger partial charge is 0.408 e. The molecule has 0 fully saturated rings. The van der Waals surface area contributed by atoms with Crippen molar-refractivity contribution in [2.75, 3.05) is 13.2 Å². The first-order valence-electron chi connectivity index (χ1n) is 13.5. The molecule has 38 heavy (non-hydrogen) atoms. The van der Waals surface area contributed by atoms with Crippen LogP contribution in [0.2, 0.25) is 0 Å². The van der Waals surface area contributed by atoms with Gasteiger partial charge in [0.1, 0.15) is 17.7 Å². The maximum atomic E-state index is 14.2. The minimum atomic E-state index is -0.975. The number of hydrogen-bond donors (Lipinski definition) is 2. The Morgan fingerprint density at radius 2 is 1.66 bits per heavy atom. The summed E-state index contributed by atoms with van der Waals surface area (Å²) in [6.07, 6.45) is -0.0513. The third kappa shape index (κ3) is 9.65. The molecule has 214 valence electrons. The molecule has 0 aliphatic rings. The van der Waals surface area contributed by atoms with Crippen molar-refractivity contribution in [2.45, 2.75) is 106 Å². The van der Waals surface area contributed by atoms with Crippen molar-refractivity contribution >= 4 is 23.9 Å². The van der Waals surface area contributed by atoms with Gasteiger partial charge in [-0.3, -0.25) is 14.4 Å². The Hall–Kier alpha value is -3.10. The maximum absolute atomic E-state index is 14.2. The summed E-state index contributed by atoms with van der Waals surface area (Å²) in [5.41, 5.74) is 1.82. The van der Waals surface area contributed by atoms with Gasteiger partial charge in [0.2, 0.25) is 11.8 Å². The SMILES string of the molecule is CCOC(=O)CCNC(=O)C(c1cccc(C)c1C)N(C(=O)C(NC(=O)OC(C)(C)C)C(C)CC)C(C)C. The Morgan fingerprint density at radius 3 is 2.18 bits per heavy atom. The summed E-state index contributed by atoms with van der Waals surface area (Å²) in [5.74, 6) is -1.43. The molecule has 0 radical (unpaired) electrons. The van der Waals surface area contributed by atoms with E-state index in [0.29, 0.717) is 12.0 Å². The number of carbonyl (C=O) groups is 4. The van der Waals surface area contributed by atoms with Crippen LogP contribution in [0.4, 0.5) is 4.79 Å². The van der Waals surface area contributed by atoms with Crippen LogP contribution < -0.4 is 10.6 Å². The zero-order chi connectivity index (χ0) is 29.2. The number of nitrogens with one attached hydrogen (secondary N) is 2. The Kier molecular flexibility index (Phi) is 12.8. The molecule has 0 spiro atoms. The van der Waals surface area contributed by atoms with Crippen LogP contribution in [0, 0.1) is 19.8 Å². The van der Waals surface area contributed by atoms with Crippen molar-refractivity contribution < 1.29 is 28.7 Å². The first kappa shape index (κ1) is 32.9. The molecule has 9 heteroatoms. The normalized spacial score (nSPS) is 13.8. The summed E-state index contributed by atoms with van der Waals surface area (Å²) in [6, 6.07) is 3.37. The number of hydrogen-bond acceptors (Lipinski definition) is 6. The summed E-state index contributed by atoms with van der Waals surface area (Å²) in [6.45, 7) is 18.7. The van der Waals surface area contributed by atoms with Gasteiger partial charge in [-0.1, -0.05) is 38.5 Å². The van der Waals surface area contributed by atoms with E-state index in [-0.39, 0.29) is 37.4 Å². The monoisotopic (exact) mass is 533 g/mol. The van der Waals surface area contributed by atoms with Gasteiger partial charge in [-0.25, -0.2) is 4.79 Å². The highest BCUT2D eigenvalue weighted by Gasteiger charge is 2.40. The Bertz CT molecular complexity index is 970. The molecule has 0 aromatic heterocycles. The molecular formula is C29H47N3O6. The largest absolute Gasteiger partial charge is 0.466 e. The van der Waals surface area contributed by atoms with E-state index in [0.717, 1.165) is 11.1 Å². The number of ether oxygens (including phenoxy) is 2. The van der Waals surface area contributed by atoms with Crippen LogP contribution in [0.25, 0.3) is 0 Å². The quantitative estimate of drug-likeness (QED) is 0.380. The van der Waals surface area contributed by atoms with Gasteiger partial charge in [0, 0.05) is 12.6 Å². The highest BCUT2D eigenvalue weighted by molar-refractivity contribution is 5.93. The molecule has 0 saturated carbocycles. The number of amides is 3. The summed E-state index contributed by atoms with van der Waals surface area (Å²) in [7, 11) is 0. The molecule has 0 aliphatic carbocycles. The predicted molar refractivity (Wildman–Crippen MR) is 148 cm³/mol. The lowest BCUT2D eigenvalue weighted by Crippen LogP contribution is -2.57. The average molecular weight is 534 g/mol. The summed E-state index contributed by atoms with van der Waals surface area (Å²) >= 11 is 0. The van der Waals surface area contributed by atoms with Crippen LogP contribution in [-0.2, 0) is 23.9 Å². The van der Waals surface area contributed by atoms with E-state index in [1.807, 2.05) is 59.7 Å². The van der Waals surface area contributed by atoms with E-state index in [1.54, 1.807) is 27.7 Å². The van der Waals surface area contributed by atoms with Crippen molar-refractivity contribution in [1.82, 2.24) is 15.5 Å². The van der Waals surface area contributed by atoms with Crippen LogP contribution in [0.5, 0.6) is 0 Å². The van der Waals surface area contributed by atoms with Crippen LogP contribution >= 0.6 is 0 Å². The molecule has 1 rings (SSSR count). The number of alkyl carbamates (subject to hydrolysis) is 1. The van der Waals surface area contributed by atoms with Crippen molar-refractivity contribution in [3.8, 4) is 0 Å². The van der Waals surface area contributed by atoms with Crippen molar-refractivity contribution in [2.24, 2.45) is 5.92 Å². The average Bonchev–Trinajstić information content (AvgIpc) is 2.80. The van der Waals surface area contributed by atoms with Crippen molar-refractivity contribution in [1.29, 1.82) is 0 Å². The molecule has 3 atom stereocenters. The number of carbonyl (C=O) groups excluding carboxylic acids is 4. The number of esters is 1. The molecule has 0 saturated heterocycles. The van der Waals surface area contributed by atoms with Gasteiger partial charge in [-0.15, -0.1) is 0 Å². The van der Waals surface area contributed by atoms with Crippen LogP contribution in [0.1, 0.15) is 91.0 Å². The molecule has 9 nitrogen and oxygen atoms in total. The number of aryl methyl sites for hydroxylation is 1. The fraction of sp³-hybridized carbons (Fsp3) is 0.655. The van der Waals surface area contributed by atoms with Crippen LogP contribution in [0.3, 0.4) is 0 Å². The van der Waals surface area contributed by atoms with E-state index in [4.69, 9.17) is 9.47 Å². The molecule has 0 heterocycles. The van der Waals surface area contributed by atoms with Crippen molar-refractivity contribution in [3.05, 3.63) is 34.9 Å². The van der Waals surface area contributed by atoms with Gasteiger partial charge in [0.05, 0.1) is 13.0 Å². The zero-order valence-electron chi connectivity index (χ0n) is 24.8. The fourth-order valence-electron chi connectivity index (χ4n) is 4.06.